The maximum absolute atomic E-state index is 3.20. The molecule has 104 valence electrons. The van der Waals surface area contributed by atoms with Gasteiger partial charge < -0.3 is 5.32 Å². The van der Waals surface area contributed by atoms with Gasteiger partial charge in [-0.3, -0.25) is 4.90 Å². The Morgan fingerprint density at radius 3 is 2.58 bits per heavy atom. The lowest BCUT2D eigenvalue weighted by molar-refractivity contribution is 0.176. The predicted octanol–water partition coefficient (Wildman–Crippen LogP) is 3.17. The van der Waals surface area contributed by atoms with Gasteiger partial charge in [-0.15, -0.1) is 0 Å². The van der Waals surface area contributed by atoms with Gasteiger partial charge in [-0.25, -0.2) is 0 Å². The minimum atomic E-state index is 0.880. The van der Waals surface area contributed by atoms with Gasteiger partial charge in [0.15, 0.2) is 0 Å². The molecule has 2 atom stereocenters. The Balaban J connectivity index is 1.61. The lowest BCUT2D eigenvalue weighted by Crippen LogP contribution is -2.34. The van der Waals surface area contributed by atoms with Crippen molar-refractivity contribution in [2.75, 3.05) is 13.6 Å². The highest BCUT2D eigenvalue weighted by Gasteiger charge is 2.35. The first-order valence-corrected chi connectivity index (χ1v) is 7.83. The van der Waals surface area contributed by atoms with E-state index >= 15 is 0 Å². The molecule has 2 unspecified atom stereocenters. The molecule has 0 spiro atoms. The Labute approximate surface area is 117 Å². The third-order valence-corrected chi connectivity index (χ3v) is 4.91. The fraction of sp³-hybridized carbons (Fsp3) is 0.647. The molecule has 0 bridgehead atoms. The lowest BCUT2D eigenvalue weighted by atomic mass is 9.85. The maximum Gasteiger partial charge on any atom is 0.0236 e. The molecular weight excluding hydrogens is 232 g/mol. The minimum Gasteiger partial charge on any atom is -0.316 e. The smallest absolute Gasteiger partial charge is 0.0236 e. The zero-order valence-corrected chi connectivity index (χ0v) is 12.1. The van der Waals surface area contributed by atoms with Crippen LogP contribution in [0.25, 0.3) is 0 Å². The van der Waals surface area contributed by atoms with Crippen LogP contribution in [0.5, 0.6) is 0 Å². The zero-order chi connectivity index (χ0) is 13.1. The van der Waals surface area contributed by atoms with Crippen molar-refractivity contribution in [1.82, 2.24) is 10.2 Å². The number of likely N-dealkylation sites (tertiary alicyclic amines) is 1. The average Bonchev–Trinajstić information content (AvgIpc) is 2.85. The Morgan fingerprint density at radius 1 is 1.05 bits per heavy atom. The number of nitrogens with zero attached hydrogens (tertiary/aromatic N) is 1. The summed E-state index contributed by atoms with van der Waals surface area (Å²) in [5, 5.41) is 3.20. The van der Waals surface area contributed by atoms with Gasteiger partial charge >= 0.3 is 0 Å². The molecule has 1 N–H and O–H groups in total. The van der Waals surface area contributed by atoms with Crippen molar-refractivity contribution in [1.29, 1.82) is 0 Å². The molecule has 1 aromatic rings. The Morgan fingerprint density at radius 2 is 1.79 bits per heavy atom. The fourth-order valence-corrected chi connectivity index (χ4v) is 3.90. The molecule has 1 saturated carbocycles. The van der Waals surface area contributed by atoms with E-state index < -0.39 is 0 Å². The third kappa shape index (κ3) is 3.01. The topological polar surface area (TPSA) is 15.3 Å². The van der Waals surface area contributed by atoms with Crippen LogP contribution in [0.15, 0.2) is 24.3 Å². The highest BCUT2D eigenvalue weighted by molar-refractivity contribution is 5.22. The van der Waals surface area contributed by atoms with Crippen LogP contribution in [-0.4, -0.2) is 24.5 Å². The average molecular weight is 258 g/mol. The van der Waals surface area contributed by atoms with E-state index in [4.69, 9.17) is 0 Å². The van der Waals surface area contributed by atoms with Crippen LogP contribution >= 0.6 is 0 Å². The van der Waals surface area contributed by atoms with E-state index in [-0.39, 0.29) is 0 Å². The van der Waals surface area contributed by atoms with Crippen LogP contribution in [0.4, 0.5) is 0 Å². The van der Waals surface area contributed by atoms with Crippen LogP contribution in [0.3, 0.4) is 0 Å². The summed E-state index contributed by atoms with van der Waals surface area (Å²) in [6.07, 6.45) is 7.25. The number of hydrogen-bond donors (Lipinski definition) is 1. The molecule has 2 heteroatoms. The standard InChI is InChI=1S/C17H26N2/c1-18-12-14-6-8-15(9-7-14)13-19-11-10-16-4-2-3-5-17(16)19/h6-9,16-18H,2-5,10-13H2,1H3. The van der Waals surface area contributed by atoms with Crippen molar-refractivity contribution in [3.8, 4) is 0 Å². The van der Waals surface area contributed by atoms with Crippen LogP contribution in [-0.2, 0) is 13.1 Å². The van der Waals surface area contributed by atoms with E-state index in [1.807, 2.05) is 7.05 Å². The highest BCUT2D eigenvalue weighted by atomic mass is 15.2. The first-order valence-electron chi connectivity index (χ1n) is 7.83. The largest absolute Gasteiger partial charge is 0.316 e. The molecule has 1 aliphatic heterocycles. The van der Waals surface area contributed by atoms with Crippen LogP contribution in [0.1, 0.15) is 43.2 Å². The summed E-state index contributed by atoms with van der Waals surface area (Å²) in [5.74, 6) is 0.998. The molecule has 2 nitrogen and oxygen atoms in total. The van der Waals surface area contributed by atoms with Crippen molar-refractivity contribution < 1.29 is 0 Å². The van der Waals surface area contributed by atoms with Crippen molar-refractivity contribution in [3.05, 3.63) is 35.4 Å². The second-order valence-electron chi connectivity index (χ2n) is 6.22. The molecule has 2 fully saturated rings. The molecule has 3 rings (SSSR count). The van der Waals surface area contributed by atoms with E-state index in [9.17, 15) is 0 Å². The molecule has 19 heavy (non-hydrogen) atoms. The highest BCUT2D eigenvalue weighted by Crippen LogP contribution is 2.36. The van der Waals surface area contributed by atoms with Crippen molar-refractivity contribution in [3.63, 3.8) is 0 Å². The quantitative estimate of drug-likeness (QED) is 0.892. The van der Waals surface area contributed by atoms with E-state index in [1.54, 1.807) is 0 Å². The van der Waals surface area contributed by atoms with E-state index in [0.29, 0.717) is 0 Å². The maximum atomic E-state index is 3.20. The van der Waals surface area contributed by atoms with E-state index in [2.05, 4.69) is 34.5 Å². The number of hydrogen-bond acceptors (Lipinski definition) is 2. The first-order chi connectivity index (χ1) is 9.36. The zero-order valence-electron chi connectivity index (χ0n) is 12.1. The van der Waals surface area contributed by atoms with Gasteiger partial charge in [0.25, 0.3) is 0 Å². The summed E-state index contributed by atoms with van der Waals surface area (Å²) in [7, 11) is 2.00. The van der Waals surface area contributed by atoms with E-state index in [0.717, 1.165) is 25.0 Å². The Kier molecular flexibility index (Phi) is 4.19. The molecule has 1 heterocycles. The molecule has 0 amide bonds. The summed E-state index contributed by atoms with van der Waals surface area (Å²) in [4.78, 5) is 2.73. The molecule has 0 radical (unpaired) electrons. The molecule has 1 aliphatic carbocycles. The fourth-order valence-electron chi connectivity index (χ4n) is 3.90. The van der Waals surface area contributed by atoms with E-state index in [1.165, 1.54) is 49.8 Å². The van der Waals surface area contributed by atoms with Crippen molar-refractivity contribution >= 4 is 0 Å². The molecule has 2 aliphatic rings. The van der Waals surface area contributed by atoms with Crippen LogP contribution < -0.4 is 5.32 Å². The molecular formula is C17H26N2. The number of fused-ring (bicyclic) bond motifs is 1. The van der Waals surface area contributed by atoms with Crippen LogP contribution in [0.2, 0.25) is 0 Å². The lowest BCUT2D eigenvalue weighted by Gasteiger charge is -2.31. The summed E-state index contributed by atoms with van der Waals surface area (Å²) in [6, 6.07) is 10.0. The van der Waals surface area contributed by atoms with Gasteiger partial charge in [0.1, 0.15) is 0 Å². The van der Waals surface area contributed by atoms with Gasteiger partial charge in [0.05, 0.1) is 0 Å². The van der Waals surface area contributed by atoms with Crippen LogP contribution in [0, 0.1) is 5.92 Å². The normalized spacial score (nSPS) is 27.4. The third-order valence-electron chi connectivity index (χ3n) is 4.91. The molecule has 1 saturated heterocycles. The summed E-state index contributed by atoms with van der Waals surface area (Å²) in [6.45, 7) is 3.43. The SMILES string of the molecule is CNCc1ccc(CN2CCC3CCCCC32)cc1. The van der Waals surface area contributed by atoms with Gasteiger partial charge in [-0.2, -0.15) is 0 Å². The van der Waals surface area contributed by atoms with Gasteiger partial charge in [0.2, 0.25) is 0 Å². The van der Waals surface area contributed by atoms with Gasteiger partial charge in [-0.05, 0) is 49.9 Å². The first kappa shape index (κ1) is 13.1. The summed E-state index contributed by atoms with van der Waals surface area (Å²) in [5.41, 5.74) is 2.86. The monoisotopic (exact) mass is 258 g/mol. The number of benzene rings is 1. The predicted molar refractivity (Wildman–Crippen MR) is 80.0 cm³/mol. The Bertz CT molecular complexity index is 398. The Hall–Kier alpha value is -0.860. The minimum absolute atomic E-state index is 0.880. The second kappa shape index (κ2) is 6.06. The summed E-state index contributed by atoms with van der Waals surface area (Å²) >= 11 is 0. The van der Waals surface area contributed by atoms with Gasteiger partial charge in [0, 0.05) is 19.1 Å². The number of rotatable bonds is 4. The van der Waals surface area contributed by atoms with Gasteiger partial charge in [-0.1, -0.05) is 37.1 Å². The van der Waals surface area contributed by atoms with Crippen molar-refractivity contribution in [2.45, 2.75) is 51.2 Å². The summed E-state index contributed by atoms with van der Waals surface area (Å²) < 4.78 is 0. The van der Waals surface area contributed by atoms with Crippen molar-refractivity contribution in [2.24, 2.45) is 5.92 Å². The number of nitrogens with one attached hydrogen (secondary N) is 1. The molecule has 0 aromatic heterocycles. The molecule has 1 aromatic carbocycles. The second-order valence-corrected chi connectivity index (χ2v) is 6.22.